The fourth-order valence-electron chi connectivity index (χ4n) is 0.320. The molecule has 0 bridgehead atoms. The number of rotatable bonds is 0. The van der Waals surface area contributed by atoms with Crippen LogP contribution in [0.15, 0.2) is 0 Å². The molecule has 2 atom stereocenters. The lowest BCUT2D eigenvalue weighted by molar-refractivity contribution is -0.146. The molecule has 0 aliphatic carbocycles. The highest BCUT2D eigenvalue weighted by atomic mass is 19.4. The van der Waals surface area contributed by atoms with E-state index in [0.29, 0.717) is 0 Å². The van der Waals surface area contributed by atoms with Gasteiger partial charge in [0.2, 0.25) is 12.5 Å². The average Bonchev–Trinajstić information content (AvgIpc) is 2.13. The van der Waals surface area contributed by atoms with E-state index in [0.717, 1.165) is 0 Å². The Labute approximate surface area is 42.2 Å². The fraction of sp³-hybridized carbons (Fsp3) is 1.00. The van der Waals surface area contributed by atoms with Crippen LogP contribution in [-0.4, -0.2) is 18.6 Å². The van der Waals surface area contributed by atoms with E-state index in [1.165, 1.54) is 0 Å². The lowest BCUT2D eigenvalue weighted by Gasteiger charge is -1.96. The van der Waals surface area contributed by atoms with Gasteiger partial charge in [0.25, 0.3) is 0 Å². The van der Waals surface area contributed by atoms with Gasteiger partial charge in [-0.2, -0.15) is 13.2 Å². The van der Waals surface area contributed by atoms with Gasteiger partial charge in [0.1, 0.15) is 0 Å². The molecule has 1 aliphatic rings. The van der Waals surface area contributed by atoms with Crippen molar-refractivity contribution in [1.82, 2.24) is 0 Å². The first kappa shape index (κ1) is 5.81. The van der Waals surface area contributed by atoms with Crippen LogP contribution in [0.25, 0.3) is 0 Å². The topological polar surface area (TPSA) is 12.5 Å². The molecule has 0 saturated carbocycles. The number of hydrogen-bond donors (Lipinski definition) is 0. The van der Waals surface area contributed by atoms with Gasteiger partial charge in [-0.05, 0) is 0 Å². The molecule has 0 aromatic heterocycles. The molecule has 1 nitrogen and oxygen atoms in total. The van der Waals surface area contributed by atoms with Crippen LogP contribution in [0.5, 0.6) is 0 Å². The molecule has 1 fully saturated rings. The molecule has 1 aliphatic heterocycles. The molecule has 0 aromatic carbocycles. The molecule has 48 valence electrons. The molecular formula is C3H2F4O. The molecule has 0 spiro atoms. The summed E-state index contributed by atoms with van der Waals surface area (Å²) in [5, 5.41) is 0. The highest BCUT2D eigenvalue weighted by Crippen LogP contribution is 2.37. The summed E-state index contributed by atoms with van der Waals surface area (Å²) in [7, 11) is 0. The monoisotopic (exact) mass is 130 g/mol. The molecule has 5 heteroatoms. The van der Waals surface area contributed by atoms with Crippen LogP contribution in [0.2, 0.25) is 0 Å². The Morgan fingerprint density at radius 2 is 1.62 bits per heavy atom. The third-order valence-corrected chi connectivity index (χ3v) is 0.761. The third-order valence-electron chi connectivity index (χ3n) is 0.761. The van der Waals surface area contributed by atoms with Crippen LogP contribution in [0.3, 0.4) is 0 Å². The highest BCUT2D eigenvalue weighted by Gasteiger charge is 2.59. The van der Waals surface area contributed by atoms with Gasteiger partial charge < -0.3 is 4.74 Å². The summed E-state index contributed by atoms with van der Waals surface area (Å²) in [5.41, 5.74) is 0. The zero-order valence-electron chi connectivity index (χ0n) is 3.57. The predicted molar refractivity (Wildman–Crippen MR) is 15.8 cm³/mol. The Bertz CT molecular complexity index is 97.9. The minimum atomic E-state index is -4.51. The lowest BCUT2D eigenvalue weighted by atomic mass is 10.5. The zero-order chi connectivity index (χ0) is 6.36. The van der Waals surface area contributed by atoms with Crippen molar-refractivity contribution in [3.05, 3.63) is 0 Å². The molecule has 0 aromatic rings. The van der Waals surface area contributed by atoms with Gasteiger partial charge in [0.05, 0.1) is 0 Å². The Hall–Kier alpha value is -0.320. The zero-order valence-corrected chi connectivity index (χ0v) is 3.57. The number of ether oxygens (including phenoxy) is 1. The van der Waals surface area contributed by atoms with E-state index in [9.17, 15) is 17.6 Å². The van der Waals surface area contributed by atoms with Crippen molar-refractivity contribution >= 4 is 0 Å². The van der Waals surface area contributed by atoms with Gasteiger partial charge in [0, 0.05) is 0 Å². The first-order chi connectivity index (χ1) is 3.52. The van der Waals surface area contributed by atoms with E-state index in [4.69, 9.17) is 0 Å². The smallest absolute Gasteiger partial charge is 0.327 e. The average molecular weight is 130 g/mol. The molecule has 0 amide bonds. The molecule has 8 heavy (non-hydrogen) atoms. The van der Waals surface area contributed by atoms with Gasteiger partial charge in [-0.15, -0.1) is 0 Å². The molecule has 0 N–H and O–H groups in total. The molecule has 1 saturated heterocycles. The van der Waals surface area contributed by atoms with E-state index >= 15 is 0 Å². The second-order valence-electron chi connectivity index (χ2n) is 1.45. The predicted octanol–water partition coefficient (Wildman–Crippen LogP) is 1.24. The van der Waals surface area contributed by atoms with Gasteiger partial charge >= 0.3 is 6.18 Å². The highest BCUT2D eigenvalue weighted by molar-refractivity contribution is 4.82. The van der Waals surface area contributed by atoms with Gasteiger partial charge in [0.15, 0.2) is 0 Å². The van der Waals surface area contributed by atoms with Crippen LogP contribution in [0.1, 0.15) is 0 Å². The molecule has 0 radical (unpaired) electrons. The molecule has 0 unspecified atom stereocenters. The summed E-state index contributed by atoms with van der Waals surface area (Å²) in [6.07, 6.45) is -8.78. The first-order valence-corrected chi connectivity index (χ1v) is 1.88. The fourth-order valence-corrected chi connectivity index (χ4v) is 0.320. The Morgan fingerprint density at radius 1 is 1.25 bits per heavy atom. The number of hydrogen-bond acceptors (Lipinski definition) is 1. The summed E-state index contributed by atoms with van der Waals surface area (Å²) in [4.78, 5) is 0. The van der Waals surface area contributed by atoms with Crippen LogP contribution < -0.4 is 0 Å². The maximum absolute atomic E-state index is 11.3. The maximum atomic E-state index is 11.3. The van der Waals surface area contributed by atoms with E-state index in [2.05, 4.69) is 4.74 Å². The number of epoxide rings is 1. The minimum absolute atomic E-state index is 2.12. The third kappa shape index (κ3) is 0.912. The summed E-state index contributed by atoms with van der Waals surface area (Å²) in [6.45, 7) is 0. The van der Waals surface area contributed by atoms with E-state index in [1.807, 2.05) is 0 Å². The Morgan fingerprint density at radius 3 is 1.62 bits per heavy atom. The van der Waals surface area contributed by atoms with E-state index < -0.39 is 18.6 Å². The SMILES string of the molecule is F[C@@H]1O[C@@H]1C(F)(F)F. The summed E-state index contributed by atoms with van der Waals surface area (Å²) < 4.78 is 48.2. The molecular weight excluding hydrogens is 128 g/mol. The Kier molecular flexibility index (Phi) is 0.974. The van der Waals surface area contributed by atoms with Crippen molar-refractivity contribution in [2.24, 2.45) is 0 Å². The van der Waals surface area contributed by atoms with Crippen LogP contribution in [-0.2, 0) is 4.74 Å². The van der Waals surface area contributed by atoms with Crippen molar-refractivity contribution in [3.8, 4) is 0 Å². The van der Waals surface area contributed by atoms with E-state index in [1.54, 1.807) is 0 Å². The molecule has 1 rings (SSSR count). The van der Waals surface area contributed by atoms with Gasteiger partial charge in [-0.3, -0.25) is 0 Å². The molecule has 1 heterocycles. The van der Waals surface area contributed by atoms with Crippen molar-refractivity contribution in [2.45, 2.75) is 18.6 Å². The minimum Gasteiger partial charge on any atom is -0.327 e. The lowest BCUT2D eigenvalue weighted by Crippen LogP contribution is -2.17. The van der Waals surface area contributed by atoms with Crippen LogP contribution in [0, 0.1) is 0 Å². The van der Waals surface area contributed by atoms with Crippen molar-refractivity contribution < 1.29 is 22.3 Å². The maximum Gasteiger partial charge on any atom is 0.420 e. The standard InChI is InChI=1S/C3H2F4O/c4-2-1(8-2)3(5,6)7/h1-2H/t1-,2+/m0/s1. The summed E-state index contributed by atoms with van der Waals surface area (Å²) in [5.74, 6) is 0. The Balaban J connectivity index is 2.39. The normalized spacial score (nSPS) is 37.5. The largest absolute Gasteiger partial charge is 0.420 e. The second-order valence-corrected chi connectivity index (χ2v) is 1.45. The summed E-state index contributed by atoms with van der Waals surface area (Å²) >= 11 is 0. The van der Waals surface area contributed by atoms with Gasteiger partial charge in [-0.1, -0.05) is 0 Å². The number of alkyl halides is 4. The quantitative estimate of drug-likeness (QED) is 0.355. The van der Waals surface area contributed by atoms with Crippen LogP contribution >= 0.6 is 0 Å². The second kappa shape index (κ2) is 1.34. The number of halogens is 4. The first-order valence-electron chi connectivity index (χ1n) is 1.88. The van der Waals surface area contributed by atoms with Crippen molar-refractivity contribution in [2.75, 3.05) is 0 Å². The van der Waals surface area contributed by atoms with Crippen LogP contribution in [0.4, 0.5) is 17.6 Å². The summed E-state index contributed by atoms with van der Waals surface area (Å²) in [6, 6.07) is 0. The van der Waals surface area contributed by atoms with Crippen molar-refractivity contribution in [1.29, 1.82) is 0 Å². The van der Waals surface area contributed by atoms with Crippen molar-refractivity contribution in [3.63, 3.8) is 0 Å². The van der Waals surface area contributed by atoms with E-state index in [-0.39, 0.29) is 0 Å². The van der Waals surface area contributed by atoms with Gasteiger partial charge in [-0.25, -0.2) is 4.39 Å².